The number of nitrogens with zero attached hydrogens (tertiary/aromatic N) is 4. The van der Waals surface area contributed by atoms with Crippen LogP contribution < -0.4 is 4.90 Å². The summed E-state index contributed by atoms with van der Waals surface area (Å²) in [5.74, 6) is 0. The fourth-order valence-electron chi connectivity index (χ4n) is 7.22. The van der Waals surface area contributed by atoms with Crippen LogP contribution in [0.5, 0.6) is 0 Å². The molecule has 2 heterocycles. The van der Waals surface area contributed by atoms with E-state index in [0.717, 1.165) is 60.8 Å². The third kappa shape index (κ3) is 5.30. The van der Waals surface area contributed by atoms with E-state index < -0.39 is 0 Å². The largest absolute Gasteiger partial charge is 0.456 e. The van der Waals surface area contributed by atoms with Gasteiger partial charge in [0.15, 0.2) is 0 Å². The van der Waals surface area contributed by atoms with Crippen LogP contribution in [0.15, 0.2) is 126 Å². The van der Waals surface area contributed by atoms with Crippen molar-refractivity contribution in [2.75, 3.05) is 4.90 Å². The van der Waals surface area contributed by atoms with Crippen LogP contribution >= 0.6 is 0 Å². The maximum Gasteiger partial charge on any atom is 0.137 e. The first-order valence-corrected chi connectivity index (χ1v) is 17.3. The highest BCUT2D eigenvalue weighted by Crippen LogP contribution is 2.43. The van der Waals surface area contributed by atoms with Gasteiger partial charge in [-0.15, -0.1) is 0 Å². The first kappa shape index (κ1) is 31.9. The lowest BCUT2D eigenvalue weighted by atomic mass is 9.85. The molecule has 0 aliphatic carbocycles. The molecule has 6 aromatic carbocycles. The predicted molar refractivity (Wildman–Crippen MR) is 210 cm³/mol. The number of nitriles is 2. The van der Waals surface area contributed by atoms with Gasteiger partial charge in [-0.3, -0.25) is 0 Å². The summed E-state index contributed by atoms with van der Waals surface area (Å²) in [6.07, 6.45) is 0. The molecular weight excluding hydrogens is 625 g/mol. The Bertz CT molecular complexity index is 2670. The number of hydrogen-bond donors (Lipinski definition) is 0. The Morgan fingerprint density at radius 2 is 1.14 bits per heavy atom. The van der Waals surface area contributed by atoms with Gasteiger partial charge in [-0.2, -0.15) is 10.5 Å². The summed E-state index contributed by atoms with van der Waals surface area (Å²) in [5.41, 5.74) is 9.79. The summed E-state index contributed by atoms with van der Waals surface area (Å²) in [6, 6.07) is 46.3. The topological polar surface area (TPSA) is 68.9 Å². The fraction of sp³-hybridized carbons (Fsp3) is 0.174. The van der Waals surface area contributed by atoms with Crippen LogP contribution in [-0.2, 0) is 10.8 Å². The second kappa shape index (κ2) is 11.7. The monoisotopic (exact) mass is 662 g/mol. The molecule has 0 fully saturated rings. The van der Waals surface area contributed by atoms with E-state index in [9.17, 15) is 10.5 Å². The number of aromatic nitrogens is 1. The fourth-order valence-corrected chi connectivity index (χ4v) is 7.22. The van der Waals surface area contributed by atoms with Gasteiger partial charge in [0.05, 0.1) is 27.8 Å². The second-order valence-electron chi connectivity index (χ2n) is 15.4. The minimum Gasteiger partial charge on any atom is -0.456 e. The highest BCUT2D eigenvalue weighted by Gasteiger charge is 2.25. The van der Waals surface area contributed by atoms with Crippen LogP contribution in [0.1, 0.15) is 63.8 Å². The molecule has 0 bridgehead atoms. The van der Waals surface area contributed by atoms with Crippen LogP contribution in [0.4, 0.5) is 17.1 Å². The summed E-state index contributed by atoms with van der Waals surface area (Å²) in [5, 5.41) is 25.6. The summed E-state index contributed by atoms with van der Waals surface area (Å²) >= 11 is 0. The third-order valence-corrected chi connectivity index (χ3v) is 9.97. The Kier molecular flexibility index (Phi) is 7.30. The lowest BCUT2D eigenvalue weighted by Gasteiger charge is -2.27. The van der Waals surface area contributed by atoms with E-state index in [2.05, 4.69) is 136 Å². The molecule has 248 valence electrons. The van der Waals surface area contributed by atoms with Gasteiger partial charge in [-0.1, -0.05) is 90.1 Å². The van der Waals surface area contributed by atoms with Gasteiger partial charge < -0.3 is 13.9 Å². The van der Waals surface area contributed by atoms with Gasteiger partial charge in [0.1, 0.15) is 23.3 Å². The number of para-hydroxylation sites is 2. The highest BCUT2D eigenvalue weighted by molar-refractivity contribution is 6.10. The molecule has 0 saturated carbocycles. The molecule has 51 heavy (non-hydrogen) atoms. The molecule has 0 unspecified atom stereocenters. The van der Waals surface area contributed by atoms with E-state index in [-0.39, 0.29) is 10.8 Å². The van der Waals surface area contributed by atoms with Crippen molar-refractivity contribution in [2.24, 2.45) is 0 Å². The molecule has 0 aliphatic rings. The van der Waals surface area contributed by atoms with E-state index in [4.69, 9.17) is 4.42 Å². The van der Waals surface area contributed by atoms with Gasteiger partial charge in [-0.05, 0) is 88.7 Å². The number of hydrogen-bond acceptors (Lipinski definition) is 4. The molecule has 0 aliphatic heterocycles. The molecule has 0 spiro atoms. The van der Waals surface area contributed by atoms with Gasteiger partial charge in [-0.25, -0.2) is 0 Å². The van der Waals surface area contributed by atoms with Crippen LogP contribution in [0.3, 0.4) is 0 Å². The van der Waals surface area contributed by atoms with Crippen molar-refractivity contribution in [1.29, 1.82) is 10.5 Å². The van der Waals surface area contributed by atoms with E-state index in [1.807, 2.05) is 48.5 Å². The van der Waals surface area contributed by atoms with Crippen molar-refractivity contribution in [1.82, 2.24) is 4.57 Å². The molecule has 0 saturated heterocycles. The van der Waals surface area contributed by atoms with E-state index in [1.165, 1.54) is 11.1 Å². The SMILES string of the molecule is CC(C)(C)c1ccc2c(c1)c1cc(C(C)(C)C)ccc1n2-c1cc(N(c2ccccc2)c2ccc3c(c2)oc2ccccc23)cc(C#N)c1C#N. The van der Waals surface area contributed by atoms with E-state index >= 15 is 0 Å². The Hall–Kier alpha value is -6.30. The number of rotatable bonds is 4. The van der Waals surface area contributed by atoms with Crippen molar-refractivity contribution < 1.29 is 4.42 Å². The molecule has 0 amide bonds. The van der Waals surface area contributed by atoms with E-state index in [0.29, 0.717) is 16.8 Å². The van der Waals surface area contributed by atoms with Gasteiger partial charge >= 0.3 is 0 Å². The zero-order valence-electron chi connectivity index (χ0n) is 29.7. The Balaban J connectivity index is 1.43. The van der Waals surface area contributed by atoms with Crippen molar-refractivity contribution in [2.45, 2.75) is 52.4 Å². The molecule has 5 nitrogen and oxygen atoms in total. The van der Waals surface area contributed by atoms with Crippen molar-refractivity contribution >= 4 is 60.8 Å². The predicted octanol–water partition coefficient (Wildman–Crippen LogP) is 12.5. The maximum absolute atomic E-state index is 10.7. The highest BCUT2D eigenvalue weighted by atomic mass is 16.3. The van der Waals surface area contributed by atoms with Crippen LogP contribution in [0.25, 0.3) is 49.4 Å². The summed E-state index contributed by atoms with van der Waals surface area (Å²) in [6.45, 7) is 13.4. The quantitative estimate of drug-likeness (QED) is 0.188. The smallest absolute Gasteiger partial charge is 0.137 e. The number of anilines is 3. The molecule has 0 N–H and O–H groups in total. The molecule has 8 rings (SSSR count). The number of benzene rings is 6. The lowest BCUT2D eigenvalue weighted by molar-refractivity contribution is 0.590. The molecule has 2 aromatic heterocycles. The Morgan fingerprint density at radius 3 is 1.75 bits per heavy atom. The zero-order chi connectivity index (χ0) is 35.7. The van der Waals surface area contributed by atoms with Gasteiger partial charge in [0.2, 0.25) is 0 Å². The molecule has 0 radical (unpaired) electrons. The summed E-state index contributed by atoms with van der Waals surface area (Å²) in [7, 11) is 0. The zero-order valence-corrected chi connectivity index (χ0v) is 29.7. The third-order valence-electron chi connectivity index (χ3n) is 9.97. The van der Waals surface area contributed by atoms with Crippen LogP contribution in [-0.4, -0.2) is 4.57 Å². The molecular formula is C46H38N4O. The Labute approximate surface area is 298 Å². The van der Waals surface area contributed by atoms with Gasteiger partial charge in [0, 0.05) is 44.7 Å². The van der Waals surface area contributed by atoms with Crippen molar-refractivity contribution in [3.05, 3.63) is 144 Å². The summed E-state index contributed by atoms with van der Waals surface area (Å²) < 4.78 is 8.48. The summed E-state index contributed by atoms with van der Waals surface area (Å²) in [4.78, 5) is 2.13. The van der Waals surface area contributed by atoms with Crippen molar-refractivity contribution in [3.8, 4) is 17.8 Å². The number of furan rings is 1. The minimum absolute atomic E-state index is 0.0485. The van der Waals surface area contributed by atoms with Crippen LogP contribution in [0.2, 0.25) is 0 Å². The lowest BCUT2D eigenvalue weighted by Crippen LogP contribution is -2.12. The second-order valence-corrected chi connectivity index (χ2v) is 15.4. The van der Waals surface area contributed by atoms with E-state index in [1.54, 1.807) is 0 Å². The first-order valence-electron chi connectivity index (χ1n) is 17.3. The average Bonchev–Trinajstić information content (AvgIpc) is 3.65. The number of fused-ring (bicyclic) bond motifs is 6. The minimum atomic E-state index is -0.0485. The van der Waals surface area contributed by atoms with Crippen LogP contribution in [0, 0.1) is 22.7 Å². The average molecular weight is 663 g/mol. The maximum atomic E-state index is 10.7. The molecule has 5 heteroatoms. The molecule has 0 atom stereocenters. The molecule has 8 aromatic rings. The Morgan fingerprint density at radius 1 is 0.529 bits per heavy atom. The van der Waals surface area contributed by atoms with Crippen molar-refractivity contribution in [3.63, 3.8) is 0 Å². The van der Waals surface area contributed by atoms with Gasteiger partial charge in [0.25, 0.3) is 0 Å². The first-order chi connectivity index (χ1) is 24.5. The standard InChI is InChI=1S/C46H38N4O/c1-45(2,3)30-16-20-40-37(23-30)38-24-31(46(4,5)6)17-21-41(38)50(40)42-25-34(22-29(27-47)39(42)28-48)49(32-12-8-7-9-13-32)33-18-19-36-35-14-10-11-15-43(35)51-44(36)26-33/h7-26H,1-6H3. The normalized spacial score (nSPS) is 12.1.